The van der Waals surface area contributed by atoms with E-state index in [-0.39, 0.29) is 25.1 Å². The van der Waals surface area contributed by atoms with Gasteiger partial charge in [0.25, 0.3) is 0 Å². The third-order valence-corrected chi connectivity index (χ3v) is 12.0. The quantitative estimate of drug-likeness (QED) is 0.0379. The van der Waals surface area contributed by atoms with Crippen molar-refractivity contribution in [2.24, 2.45) is 5.92 Å². The number of aliphatic hydroxyl groups excluding tert-OH is 1. The van der Waals surface area contributed by atoms with Crippen LogP contribution in [0.1, 0.15) is 278 Å². The van der Waals surface area contributed by atoms with Gasteiger partial charge in [-0.1, -0.05) is 252 Å². The van der Waals surface area contributed by atoms with Crippen molar-refractivity contribution in [1.29, 1.82) is 0 Å². The van der Waals surface area contributed by atoms with E-state index >= 15 is 0 Å². The zero-order valence-electron chi connectivity index (χ0n) is 36.9. The van der Waals surface area contributed by atoms with E-state index < -0.39 is 6.10 Å². The third-order valence-electron chi connectivity index (χ3n) is 11.5. The molecule has 0 aromatic heterocycles. The van der Waals surface area contributed by atoms with E-state index in [4.69, 9.17) is 21.7 Å². The Balaban J connectivity index is 4.36. The van der Waals surface area contributed by atoms with Crippen molar-refractivity contribution >= 4 is 23.2 Å². The first kappa shape index (κ1) is 53.3. The summed E-state index contributed by atoms with van der Waals surface area (Å²) in [6.07, 6.45) is 51.1. The average molecular weight is 781 g/mol. The molecule has 1 atom stereocenters. The molecule has 1 N–H and O–H groups in total. The Kier molecular flexibility index (Phi) is 44.5. The molecule has 0 aliphatic rings. The van der Waals surface area contributed by atoms with Crippen LogP contribution in [0.2, 0.25) is 0 Å². The molecule has 1 unspecified atom stereocenters. The SMILES string of the molecule is CCCCCCCCCCCCCCCC(=O)OC(CO)COC(=S)C(CCCCCCCCCCCCCC)CCCCCCCCCCCCCC. The van der Waals surface area contributed by atoms with E-state index in [2.05, 4.69) is 20.8 Å². The molecular formula is C49H96O4S. The van der Waals surface area contributed by atoms with E-state index in [0.717, 1.165) is 25.7 Å². The number of hydrogen-bond acceptors (Lipinski definition) is 5. The summed E-state index contributed by atoms with van der Waals surface area (Å²) < 4.78 is 11.7. The second-order valence-corrected chi connectivity index (χ2v) is 17.4. The minimum atomic E-state index is -0.642. The zero-order valence-corrected chi connectivity index (χ0v) is 37.7. The van der Waals surface area contributed by atoms with E-state index in [1.54, 1.807) is 0 Å². The Hall–Kier alpha value is -0.680. The van der Waals surface area contributed by atoms with Gasteiger partial charge in [-0.05, 0) is 31.5 Å². The van der Waals surface area contributed by atoms with Gasteiger partial charge in [-0.2, -0.15) is 0 Å². The summed E-state index contributed by atoms with van der Waals surface area (Å²) >= 11 is 5.85. The van der Waals surface area contributed by atoms with Gasteiger partial charge in [0.1, 0.15) is 6.61 Å². The Morgan fingerprint density at radius 3 is 1.02 bits per heavy atom. The van der Waals surface area contributed by atoms with Gasteiger partial charge >= 0.3 is 5.97 Å². The number of unbranched alkanes of at least 4 members (excludes halogenated alkanes) is 34. The number of thiocarbonyl (C=S) groups is 1. The second kappa shape index (κ2) is 45.0. The molecule has 0 aromatic rings. The summed E-state index contributed by atoms with van der Waals surface area (Å²) in [6, 6.07) is 0. The van der Waals surface area contributed by atoms with Crippen molar-refractivity contribution in [2.75, 3.05) is 13.2 Å². The number of ether oxygens (including phenoxy) is 2. The summed E-state index contributed by atoms with van der Waals surface area (Å²) in [5.74, 6) is 0.0447. The van der Waals surface area contributed by atoms with Crippen molar-refractivity contribution in [2.45, 2.75) is 284 Å². The maximum Gasteiger partial charge on any atom is 0.306 e. The largest absolute Gasteiger partial charge is 0.483 e. The van der Waals surface area contributed by atoms with Gasteiger partial charge in [0, 0.05) is 12.3 Å². The van der Waals surface area contributed by atoms with Crippen LogP contribution in [0.3, 0.4) is 0 Å². The first-order valence-corrected chi connectivity index (χ1v) is 25.0. The number of esters is 1. The van der Waals surface area contributed by atoms with Crippen LogP contribution in [-0.2, 0) is 14.3 Å². The molecule has 0 fully saturated rings. The van der Waals surface area contributed by atoms with Crippen molar-refractivity contribution < 1.29 is 19.4 Å². The molecule has 0 radical (unpaired) electrons. The maximum atomic E-state index is 12.5. The minimum absolute atomic E-state index is 0.160. The van der Waals surface area contributed by atoms with Crippen molar-refractivity contribution in [3.8, 4) is 0 Å². The average Bonchev–Trinajstić information content (AvgIpc) is 3.18. The normalized spacial score (nSPS) is 12.1. The standard InChI is InChI=1S/C49H96O4S/c1-4-7-10-13-16-19-22-25-28-31-34-37-40-43-48(51)53-47(44-50)45-52-49(54)46(41-38-35-32-29-26-23-20-17-14-11-8-5-2)42-39-36-33-30-27-24-21-18-15-12-9-6-3/h46-47,50H,4-45H2,1-3H3. The highest BCUT2D eigenvalue weighted by Gasteiger charge is 2.20. The van der Waals surface area contributed by atoms with Crippen LogP contribution in [0.5, 0.6) is 0 Å². The van der Waals surface area contributed by atoms with E-state index in [9.17, 15) is 9.90 Å². The van der Waals surface area contributed by atoms with E-state index in [1.807, 2.05) is 0 Å². The molecule has 54 heavy (non-hydrogen) atoms. The van der Waals surface area contributed by atoms with Gasteiger partial charge < -0.3 is 14.6 Å². The fraction of sp³-hybridized carbons (Fsp3) is 0.959. The summed E-state index contributed by atoms with van der Waals surface area (Å²) in [5, 5.41) is 10.6. The van der Waals surface area contributed by atoms with Crippen LogP contribution in [-0.4, -0.2) is 35.4 Å². The number of carbonyl (C=O) groups is 1. The predicted octanol–water partition coefficient (Wildman–Crippen LogP) is 16.5. The molecule has 0 saturated heterocycles. The molecule has 0 amide bonds. The van der Waals surface area contributed by atoms with Gasteiger partial charge in [-0.15, -0.1) is 0 Å². The van der Waals surface area contributed by atoms with Crippen LogP contribution in [0.25, 0.3) is 0 Å². The highest BCUT2D eigenvalue weighted by molar-refractivity contribution is 7.80. The van der Waals surface area contributed by atoms with Crippen LogP contribution >= 0.6 is 12.2 Å². The van der Waals surface area contributed by atoms with Crippen LogP contribution in [0.15, 0.2) is 0 Å². The molecule has 0 saturated carbocycles. The van der Waals surface area contributed by atoms with Gasteiger partial charge in [0.05, 0.1) is 6.61 Å². The molecule has 0 aliphatic carbocycles. The predicted molar refractivity (Wildman–Crippen MR) is 241 cm³/mol. The zero-order chi connectivity index (χ0) is 39.4. The lowest BCUT2D eigenvalue weighted by Crippen LogP contribution is -2.29. The fourth-order valence-electron chi connectivity index (χ4n) is 7.79. The highest BCUT2D eigenvalue weighted by Crippen LogP contribution is 2.23. The van der Waals surface area contributed by atoms with Crippen molar-refractivity contribution in [3.63, 3.8) is 0 Å². The summed E-state index contributed by atoms with van der Waals surface area (Å²) in [7, 11) is 0. The first-order chi connectivity index (χ1) is 26.6. The lowest BCUT2D eigenvalue weighted by Gasteiger charge is -2.21. The lowest BCUT2D eigenvalue weighted by atomic mass is 9.94. The molecular weight excluding hydrogens is 685 g/mol. The van der Waals surface area contributed by atoms with Crippen LogP contribution in [0, 0.1) is 5.92 Å². The van der Waals surface area contributed by atoms with Gasteiger partial charge in [0.2, 0.25) is 0 Å². The summed E-state index contributed by atoms with van der Waals surface area (Å²) in [4.78, 5) is 12.5. The molecule has 0 bridgehead atoms. The maximum absolute atomic E-state index is 12.5. The third kappa shape index (κ3) is 39.6. The monoisotopic (exact) mass is 781 g/mol. The topological polar surface area (TPSA) is 55.8 Å². The van der Waals surface area contributed by atoms with E-state index in [0.29, 0.717) is 11.5 Å². The molecule has 322 valence electrons. The Morgan fingerprint density at radius 1 is 0.444 bits per heavy atom. The van der Waals surface area contributed by atoms with Crippen LogP contribution in [0.4, 0.5) is 0 Å². The Morgan fingerprint density at radius 2 is 0.722 bits per heavy atom. The molecule has 0 rings (SSSR count). The fourth-order valence-corrected chi connectivity index (χ4v) is 8.10. The Labute approximate surface area is 344 Å². The van der Waals surface area contributed by atoms with Crippen molar-refractivity contribution in [3.05, 3.63) is 0 Å². The smallest absolute Gasteiger partial charge is 0.306 e. The van der Waals surface area contributed by atoms with Crippen molar-refractivity contribution in [1.82, 2.24) is 0 Å². The molecule has 4 nitrogen and oxygen atoms in total. The molecule has 0 heterocycles. The van der Waals surface area contributed by atoms with Crippen LogP contribution < -0.4 is 0 Å². The number of rotatable bonds is 45. The van der Waals surface area contributed by atoms with Gasteiger partial charge in [-0.3, -0.25) is 4.79 Å². The van der Waals surface area contributed by atoms with E-state index in [1.165, 1.54) is 225 Å². The number of aliphatic hydroxyl groups is 1. The van der Waals surface area contributed by atoms with Gasteiger partial charge in [-0.25, -0.2) is 0 Å². The summed E-state index contributed by atoms with van der Waals surface area (Å²) in [6.45, 7) is 6.78. The molecule has 0 aromatic carbocycles. The number of carbonyl (C=O) groups excluding carboxylic acids is 1. The molecule has 5 heteroatoms. The molecule has 0 aliphatic heterocycles. The Bertz CT molecular complexity index is 730. The highest BCUT2D eigenvalue weighted by atomic mass is 32.1. The first-order valence-electron chi connectivity index (χ1n) is 24.6. The number of hydrogen-bond donors (Lipinski definition) is 1. The second-order valence-electron chi connectivity index (χ2n) is 17.0. The lowest BCUT2D eigenvalue weighted by molar-refractivity contribution is -0.153. The summed E-state index contributed by atoms with van der Waals surface area (Å²) in [5.41, 5.74) is 0. The minimum Gasteiger partial charge on any atom is -0.483 e. The molecule has 0 spiro atoms. The van der Waals surface area contributed by atoms with Gasteiger partial charge in [0.15, 0.2) is 11.2 Å².